The van der Waals surface area contributed by atoms with Crippen LogP contribution in [0.4, 0.5) is 0 Å². The summed E-state index contributed by atoms with van der Waals surface area (Å²) >= 11 is 0. The Bertz CT molecular complexity index is 1040. The minimum Gasteiger partial charge on any atom is -0.360 e. The largest absolute Gasteiger partial charge is 0.360 e. The molecule has 0 fully saturated rings. The molecule has 3 aromatic rings. The average Bonchev–Trinajstić information content (AvgIpc) is 3.19. The first-order valence-electron chi connectivity index (χ1n) is 8.18. The molecule has 1 aliphatic heterocycles. The molecule has 136 valence electrons. The summed E-state index contributed by atoms with van der Waals surface area (Å²) in [5.41, 5.74) is 1.07. The SMILES string of the molecule is Cc1noc(C)c1S(=O)(=O)N1Cc2nnc(-c3ccccn3)n2[C@@H](C)C1. The Balaban J connectivity index is 1.73. The molecule has 0 saturated heterocycles. The molecule has 0 amide bonds. The molecule has 9 nitrogen and oxygen atoms in total. The first kappa shape index (κ1) is 16.9. The average molecular weight is 374 g/mol. The Kier molecular flexibility index (Phi) is 3.88. The van der Waals surface area contributed by atoms with Crippen LogP contribution in [0.5, 0.6) is 0 Å². The second kappa shape index (κ2) is 5.99. The number of pyridine rings is 1. The summed E-state index contributed by atoms with van der Waals surface area (Å²) in [5, 5.41) is 12.2. The van der Waals surface area contributed by atoms with Crippen molar-refractivity contribution in [3.63, 3.8) is 0 Å². The molecule has 0 radical (unpaired) electrons. The van der Waals surface area contributed by atoms with E-state index in [-0.39, 0.29) is 23.2 Å². The zero-order valence-electron chi connectivity index (χ0n) is 14.6. The maximum absolute atomic E-state index is 13.1. The third-order valence-electron chi connectivity index (χ3n) is 4.45. The van der Waals surface area contributed by atoms with Gasteiger partial charge in [0.15, 0.2) is 11.6 Å². The summed E-state index contributed by atoms with van der Waals surface area (Å²) in [4.78, 5) is 4.45. The number of fused-ring (bicyclic) bond motifs is 1. The van der Waals surface area contributed by atoms with E-state index in [1.807, 2.05) is 29.7 Å². The van der Waals surface area contributed by atoms with Crippen LogP contribution in [-0.4, -0.2) is 44.2 Å². The molecule has 1 aliphatic rings. The molecule has 1 atom stereocenters. The maximum atomic E-state index is 13.1. The fourth-order valence-electron chi connectivity index (χ4n) is 3.32. The van der Waals surface area contributed by atoms with Crippen molar-refractivity contribution >= 4 is 10.0 Å². The Labute approximate surface area is 150 Å². The molecule has 10 heteroatoms. The Morgan fingerprint density at radius 1 is 1.23 bits per heavy atom. The monoisotopic (exact) mass is 374 g/mol. The van der Waals surface area contributed by atoms with Crippen molar-refractivity contribution in [2.75, 3.05) is 6.54 Å². The van der Waals surface area contributed by atoms with Crippen molar-refractivity contribution in [2.24, 2.45) is 0 Å². The lowest BCUT2D eigenvalue weighted by Crippen LogP contribution is -2.40. The van der Waals surface area contributed by atoms with Gasteiger partial charge in [0.2, 0.25) is 10.0 Å². The minimum absolute atomic E-state index is 0.127. The van der Waals surface area contributed by atoms with Crippen LogP contribution in [0.25, 0.3) is 11.5 Å². The number of hydrogen-bond donors (Lipinski definition) is 0. The molecule has 0 aromatic carbocycles. The number of aromatic nitrogens is 5. The second-order valence-electron chi connectivity index (χ2n) is 6.32. The van der Waals surface area contributed by atoms with Gasteiger partial charge in [-0.3, -0.25) is 4.98 Å². The van der Waals surface area contributed by atoms with E-state index in [1.54, 1.807) is 20.0 Å². The predicted octanol–water partition coefficient (Wildman–Crippen LogP) is 1.71. The van der Waals surface area contributed by atoms with Crippen molar-refractivity contribution in [2.45, 2.75) is 38.3 Å². The summed E-state index contributed by atoms with van der Waals surface area (Å²) in [5.74, 6) is 1.51. The summed E-state index contributed by atoms with van der Waals surface area (Å²) in [6.45, 7) is 5.60. The summed E-state index contributed by atoms with van der Waals surface area (Å²) in [6, 6.07) is 5.43. The van der Waals surface area contributed by atoms with Gasteiger partial charge in [-0.05, 0) is 32.9 Å². The van der Waals surface area contributed by atoms with Crippen LogP contribution in [0.1, 0.15) is 30.2 Å². The minimum atomic E-state index is -3.73. The van der Waals surface area contributed by atoms with E-state index < -0.39 is 10.0 Å². The summed E-state index contributed by atoms with van der Waals surface area (Å²) in [6.07, 6.45) is 1.69. The molecule has 0 saturated carbocycles. The van der Waals surface area contributed by atoms with Crippen molar-refractivity contribution in [1.82, 2.24) is 29.2 Å². The molecule has 26 heavy (non-hydrogen) atoms. The molecule has 0 bridgehead atoms. The fraction of sp³-hybridized carbons (Fsp3) is 0.375. The van der Waals surface area contributed by atoms with Gasteiger partial charge in [0.05, 0.1) is 6.54 Å². The first-order chi connectivity index (χ1) is 12.4. The smallest absolute Gasteiger partial charge is 0.248 e. The van der Waals surface area contributed by atoms with E-state index in [0.29, 0.717) is 29.6 Å². The Hall–Kier alpha value is -2.59. The maximum Gasteiger partial charge on any atom is 0.248 e. The molecule has 0 aliphatic carbocycles. The zero-order chi connectivity index (χ0) is 18.5. The van der Waals surface area contributed by atoms with E-state index in [4.69, 9.17) is 4.52 Å². The van der Waals surface area contributed by atoms with E-state index in [2.05, 4.69) is 20.3 Å². The highest BCUT2D eigenvalue weighted by Gasteiger charge is 2.37. The van der Waals surface area contributed by atoms with Crippen LogP contribution in [-0.2, 0) is 16.6 Å². The molecule has 4 heterocycles. The van der Waals surface area contributed by atoms with Crippen molar-refractivity contribution < 1.29 is 12.9 Å². The van der Waals surface area contributed by atoms with Gasteiger partial charge in [0, 0.05) is 18.8 Å². The van der Waals surface area contributed by atoms with Gasteiger partial charge in [0.1, 0.15) is 22.1 Å². The number of rotatable bonds is 3. The lowest BCUT2D eigenvalue weighted by atomic mass is 10.2. The Morgan fingerprint density at radius 2 is 2.04 bits per heavy atom. The molecular weight excluding hydrogens is 356 g/mol. The number of nitrogens with zero attached hydrogens (tertiary/aromatic N) is 6. The topological polar surface area (TPSA) is 107 Å². The second-order valence-corrected chi connectivity index (χ2v) is 8.20. The fourth-order valence-corrected chi connectivity index (χ4v) is 5.08. The van der Waals surface area contributed by atoms with Crippen molar-refractivity contribution in [3.05, 3.63) is 41.7 Å². The van der Waals surface area contributed by atoms with Gasteiger partial charge in [-0.2, -0.15) is 4.31 Å². The zero-order valence-corrected chi connectivity index (χ0v) is 15.4. The van der Waals surface area contributed by atoms with Crippen LogP contribution in [0.15, 0.2) is 33.8 Å². The predicted molar refractivity (Wildman–Crippen MR) is 91.5 cm³/mol. The van der Waals surface area contributed by atoms with E-state index in [1.165, 1.54) is 4.31 Å². The molecule has 3 aromatic heterocycles. The summed E-state index contributed by atoms with van der Waals surface area (Å²) < 4.78 is 34.5. The van der Waals surface area contributed by atoms with Crippen LogP contribution >= 0.6 is 0 Å². The Morgan fingerprint density at radius 3 is 2.69 bits per heavy atom. The van der Waals surface area contributed by atoms with Crippen LogP contribution in [0.2, 0.25) is 0 Å². The van der Waals surface area contributed by atoms with Crippen LogP contribution in [0, 0.1) is 13.8 Å². The van der Waals surface area contributed by atoms with Gasteiger partial charge in [0.25, 0.3) is 0 Å². The number of aryl methyl sites for hydroxylation is 2. The van der Waals surface area contributed by atoms with Crippen molar-refractivity contribution in [3.8, 4) is 11.5 Å². The number of sulfonamides is 1. The molecule has 0 N–H and O–H groups in total. The molecular formula is C16H18N6O3S. The lowest BCUT2D eigenvalue weighted by molar-refractivity contribution is 0.292. The summed E-state index contributed by atoms with van der Waals surface area (Å²) in [7, 11) is -3.73. The molecule has 0 spiro atoms. The van der Waals surface area contributed by atoms with Crippen LogP contribution < -0.4 is 0 Å². The molecule has 0 unspecified atom stereocenters. The van der Waals surface area contributed by atoms with Crippen molar-refractivity contribution in [1.29, 1.82) is 0 Å². The van der Waals surface area contributed by atoms with E-state index in [0.717, 1.165) is 0 Å². The van der Waals surface area contributed by atoms with E-state index in [9.17, 15) is 8.42 Å². The quantitative estimate of drug-likeness (QED) is 0.687. The highest BCUT2D eigenvalue weighted by Crippen LogP contribution is 2.31. The molecule has 4 rings (SSSR count). The lowest BCUT2D eigenvalue weighted by Gasteiger charge is -2.31. The first-order valence-corrected chi connectivity index (χ1v) is 9.62. The normalized spacial score (nSPS) is 18.0. The van der Waals surface area contributed by atoms with Gasteiger partial charge >= 0.3 is 0 Å². The van der Waals surface area contributed by atoms with E-state index >= 15 is 0 Å². The standard InChI is InChI=1S/C16H18N6O3S/c1-10-8-21(26(23,24)15-11(2)20-25-12(15)3)9-14-18-19-16(22(10)14)13-6-4-5-7-17-13/h4-7,10H,8-9H2,1-3H3/t10-/m0/s1. The highest BCUT2D eigenvalue weighted by atomic mass is 32.2. The van der Waals surface area contributed by atoms with Gasteiger partial charge in [-0.15, -0.1) is 10.2 Å². The third kappa shape index (κ3) is 2.53. The third-order valence-corrected chi connectivity index (χ3v) is 6.51. The van der Waals surface area contributed by atoms with Gasteiger partial charge in [-0.25, -0.2) is 8.42 Å². The van der Waals surface area contributed by atoms with Crippen LogP contribution in [0.3, 0.4) is 0 Å². The van der Waals surface area contributed by atoms with Gasteiger partial charge in [-0.1, -0.05) is 11.2 Å². The highest BCUT2D eigenvalue weighted by molar-refractivity contribution is 7.89. The number of hydrogen-bond acceptors (Lipinski definition) is 7. The van der Waals surface area contributed by atoms with Gasteiger partial charge < -0.3 is 9.09 Å².